The summed E-state index contributed by atoms with van der Waals surface area (Å²) >= 11 is 0. The molecule has 2 rings (SSSR count). The Balaban J connectivity index is 2.00. The third-order valence-corrected chi connectivity index (χ3v) is 3.15. The molecule has 4 heteroatoms. The summed E-state index contributed by atoms with van der Waals surface area (Å²) in [5.41, 5.74) is 2.03. The summed E-state index contributed by atoms with van der Waals surface area (Å²) in [5.74, 6) is 0.538. The monoisotopic (exact) mass is 299 g/mol. The lowest BCUT2D eigenvalue weighted by Crippen LogP contribution is -2.38. The fourth-order valence-corrected chi connectivity index (χ4v) is 2.20. The summed E-state index contributed by atoms with van der Waals surface area (Å²) in [4.78, 5) is 11.9. The zero-order valence-electron chi connectivity index (χ0n) is 12.9. The van der Waals surface area contributed by atoms with Gasteiger partial charge in [0, 0.05) is 18.7 Å². The summed E-state index contributed by atoms with van der Waals surface area (Å²) in [6.07, 6.45) is 0. The molecule has 0 aliphatic heterocycles. The Morgan fingerprint density at radius 1 is 1.09 bits per heavy atom. The molecule has 0 aliphatic rings. The molecule has 0 saturated heterocycles. The van der Waals surface area contributed by atoms with Crippen LogP contribution in [0.15, 0.2) is 54.6 Å². The smallest absolute Gasteiger partial charge is 0.258 e. The van der Waals surface area contributed by atoms with Gasteiger partial charge in [0.05, 0.1) is 6.61 Å². The van der Waals surface area contributed by atoms with Gasteiger partial charge in [0.15, 0.2) is 6.61 Å². The van der Waals surface area contributed by atoms with Crippen LogP contribution < -0.4 is 10.1 Å². The normalized spacial score (nSPS) is 11.7. The minimum Gasteiger partial charge on any atom is -0.483 e. The van der Waals surface area contributed by atoms with Gasteiger partial charge in [-0.25, -0.2) is 0 Å². The van der Waals surface area contributed by atoms with E-state index < -0.39 is 0 Å². The van der Waals surface area contributed by atoms with E-state index in [1.54, 1.807) is 7.11 Å². The number of benzene rings is 2. The first-order valence-electron chi connectivity index (χ1n) is 7.26. The maximum atomic E-state index is 11.9. The van der Waals surface area contributed by atoms with E-state index in [9.17, 15) is 4.79 Å². The average molecular weight is 299 g/mol. The molecule has 1 N–H and O–H groups in total. The second-order valence-corrected chi connectivity index (χ2v) is 5.07. The largest absolute Gasteiger partial charge is 0.483 e. The van der Waals surface area contributed by atoms with Gasteiger partial charge in [0.2, 0.25) is 0 Å². The van der Waals surface area contributed by atoms with Crippen LogP contribution in [-0.2, 0) is 9.53 Å². The SMILES string of the molecule is COCC(C)NC(=O)COc1ccccc1-c1ccccc1. The van der Waals surface area contributed by atoms with Crippen LogP contribution in [0, 0.1) is 0 Å². The summed E-state index contributed by atoms with van der Waals surface area (Å²) in [6.45, 7) is 2.35. The quantitative estimate of drug-likeness (QED) is 0.855. The van der Waals surface area contributed by atoms with Gasteiger partial charge in [-0.1, -0.05) is 48.5 Å². The van der Waals surface area contributed by atoms with Crippen molar-refractivity contribution in [2.45, 2.75) is 13.0 Å². The van der Waals surface area contributed by atoms with Crippen LogP contribution in [0.3, 0.4) is 0 Å². The highest BCUT2D eigenvalue weighted by atomic mass is 16.5. The van der Waals surface area contributed by atoms with Crippen molar-refractivity contribution in [1.29, 1.82) is 0 Å². The molecule has 0 saturated carbocycles. The predicted molar refractivity (Wildman–Crippen MR) is 86.9 cm³/mol. The number of amides is 1. The Labute approximate surface area is 131 Å². The lowest BCUT2D eigenvalue weighted by atomic mass is 10.1. The van der Waals surface area contributed by atoms with Crippen molar-refractivity contribution in [1.82, 2.24) is 5.32 Å². The van der Waals surface area contributed by atoms with E-state index in [1.165, 1.54) is 0 Å². The molecular weight excluding hydrogens is 278 g/mol. The number of rotatable bonds is 7. The van der Waals surface area contributed by atoms with Crippen molar-refractivity contribution in [3.8, 4) is 16.9 Å². The lowest BCUT2D eigenvalue weighted by molar-refractivity contribution is -0.124. The van der Waals surface area contributed by atoms with E-state index in [-0.39, 0.29) is 18.6 Å². The van der Waals surface area contributed by atoms with Crippen LogP contribution >= 0.6 is 0 Å². The van der Waals surface area contributed by atoms with Gasteiger partial charge < -0.3 is 14.8 Å². The standard InChI is InChI=1S/C18H21NO3/c1-14(12-21-2)19-18(20)13-22-17-11-7-6-10-16(17)15-8-4-3-5-9-15/h3-11,14H,12-13H2,1-2H3,(H,19,20). The second-order valence-electron chi connectivity index (χ2n) is 5.07. The maximum absolute atomic E-state index is 11.9. The molecule has 1 unspecified atom stereocenters. The van der Waals surface area contributed by atoms with E-state index in [1.807, 2.05) is 61.5 Å². The van der Waals surface area contributed by atoms with Crippen LogP contribution in [0.25, 0.3) is 11.1 Å². The van der Waals surface area contributed by atoms with Crippen molar-refractivity contribution >= 4 is 5.91 Å². The molecule has 2 aromatic rings. The van der Waals surface area contributed by atoms with Crippen LogP contribution in [0.1, 0.15) is 6.92 Å². The predicted octanol–water partition coefficient (Wildman–Crippen LogP) is 2.88. The van der Waals surface area contributed by atoms with Crippen LogP contribution in [0.5, 0.6) is 5.75 Å². The topological polar surface area (TPSA) is 47.6 Å². The summed E-state index contributed by atoms with van der Waals surface area (Å²) in [6, 6.07) is 17.6. The van der Waals surface area contributed by atoms with Gasteiger partial charge in [0.1, 0.15) is 5.75 Å². The van der Waals surface area contributed by atoms with Gasteiger partial charge in [-0.3, -0.25) is 4.79 Å². The molecule has 0 aliphatic carbocycles. The Hall–Kier alpha value is -2.33. The molecule has 116 valence electrons. The molecule has 1 atom stereocenters. The number of ether oxygens (including phenoxy) is 2. The number of para-hydroxylation sites is 1. The molecule has 0 heterocycles. The van der Waals surface area contributed by atoms with E-state index in [2.05, 4.69) is 5.32 Å². The lowest BCUT2D eigenvalue weighted by Gasteiger charge is -2.14. The van der Waals surface area contributed by atoms with Crippen LogP contribution in [0.4, 0.5) is 0 Å². The highest BCUT2D eigenvalue weighted by molar-refractivity contribution is 5.78. The van der Waals surface area contributed by atoms with Gasteiger partial charge in [-0.05, 0) is 18.6 Å². The fourth-order valence-electron chi connectivity index (χ4n) is 2.20. The molecular formula is C18H21NO3. The van der Waals surface area contributed by atoms with Gasteiger partial charge in [0.25, 0.3) is 5.91 Å². The molecule has 4 nitrogen and oxygen atoms in total. The zero-order valence-corrected chi connectivity index (χ0v) is 12.9. The first-order chi connectivity index (χ1) is 10.7. The minimum absolute atomic E-state index is 0.0160. The molecule has 0 radical (unpaired) electrons. The first-order valence-corrected chi connectivity index (χ1v) is 7.26. The molecule has 0 aromatic heterocycles. The Kier molecular flexibility index (Phi) is 5.98. The Morgan fingerprint density at radius 3 is 2.50 bits per heavy atom. The van der Waals surface area contributed by atoms with Crippen LogP contribution in [0.2, 0.25) is 0 Å². The second kappa shape index (κ2) is 8.20. The molecule has 1 amide bonds. The van der Waals surface area contributed by atoms with Gasteiger partial charge in [-0.2, -0.15) is 0 Å². The van der Waals surface area contributed by atoms with E-state index in [4.69, 9.17) is 9.47 Å². The van der Waals surface area contributed by atoms with Crippen molar-refractivity contribution in [2.75, 3.05) is 20.3 Å². The highest BCUT2D eigenvalue weighted by Gasteiger charge is 2.10. The number of carbonyl (C=O) groups is 1. The molecule has 22 heavy (non-hydrogen) atoms. The number of methoxy groups -OCH3 is 1. The average Bonchev–Trinajstić information content (AvgIpc) is 2.54. The summed E-state index contributed by atoms with van der Waals surface area (Å²) in [7, 11) is 1.61. The van der Waals surface area contributed by atoms with Crippen molar-refractivity contribution in [2.24, 2.45) is 0 Å². The molecule has 2 aromatic carbocycles. The number of nitrogens with one attached hydrogen (secondary N) is 1. The van der Waals surface area contributed by atoms with E-state index in [0.29, 0.717) is 12.4 Å². The summed E-state index contributed by atoms with van der Waals surface area (Å²) < 4.78 is 10.7. The molecule has 0 fully saturated rings. The summed E-state index contributed by atoms with van der Waals surface area (Å²) in [5, 5.41) is 2.82. The highest BCUT2D eigenvalue weighted by Crippen LogP contribution is 2.29. The van der Waals surface area contributed by atoms with Gasteiger partial charge in [-0.15, -0.1) is 0 Å². The fraction of sp³-hybridized carbons (Fsp3) is 0.278. The third kappa shape index (κ3) is 4.60. The van der Waals surface area contributed by atoms with E-state index in [0.717, 1.165) is 11.1 Å². The van der Waals surface area contributed by atoms with Crippen molar-refractivity contribution in [3.63, 3.8) is 0 Å². The number of hydrogen-bond donors (Lipinski definition) is 1. The number of hydrogen-bond acceptors (Lipinski definition) is 3. The molecule has 0 bridgehead atoms. The van der Waals surface area contributed by atoms with Crippen molar-refractivity contribution in [3.05, 3.63) is 54.6 Å². The maximum Gasteiger partial charge on any atom is 0.258 e. The van der Waals surface area contributed by atoms with Crippen LogP contribution in [-0.4, -0.2) is 32.3 Å². The Bertz CT molecular complexity index is 598. The molecule has 0 spiro atoms. The Morgan fingerprint density at radius 2 is 1.77 bits per heavy atom. The third-order valence-electron chi connectivity index (χ3n) is 3.15. The number of carbonyl (C=O) groups excluding carboxylic acids is 1. The first kappa shape index (κ1) is 16.0. The zero-order chi connectivity index (χ0) is 15.8. The van der Waals surface area contributed by atoms with E-state index >= 15 is 0 Å². The van der Waals surface area contributed by atoms with Gasteiger partial charge >= 0.3 is 0 Å². The minimum atomic E-state index is -0.160. The van der Waals surface area contributed by atoms with Crippen molar-refractivity contribution < 1.29 is 14.3 Å².